The van der Waals surface area contributed by atoms with Crippen LogP contribution in [0.25, 0.3) is 0 Å². The Morgan fingerprint density at radius 2 is 1.71 bits per heavy atom. The van der Waals surface area contributed by atoms with Crippen LogP contribution < -0.4 is 0 Å². The number of halogens is 3. The highest BCUT2D eigenvalue weighted by molar-refractivity contribution is 5.21. The Balaban J connectivity index is 2.92. The van der Waals surface area contributed by atoms with E-state index in [-0.39, 0.29) is 12.0 Å². The highest BCUT2D eigenvalue weighted by Crippen LogP contribution is 2.33. The minimum Gasteiger partial charge on any atom is -0.267 e. The van der Waals surface area contributed by atoms with Crippen LogP contribution in [0, 0.1) is 28.1 Å². The maximum Gasteiger partial charge on any atom is 0.389 e. The molecule has 0 unspecified atom stereocenters. The van der Waals surface area contributed by atoms with E-state index in [4.69, 9.17) is 10.5 Å². The van der Waals surface area contributed by atoms with Crippen molar-refractivity contribution in [1.29, 1.82) is 10.5 Å². The largest absolute Gasteiger partial charge is 0.389 e. The molecule has 0 radical (unpaired) electrons. The standard InChI is InChI=1S/C14H17F3N4/c1-12(2,3)21-8-11(7-20-21)6-13(9-18,10-19)4-5-14(15,16)17/h7-8H,4-6H2,1-3H3. The van der Waals surface area contributed by atoms with Gasteiger partial charge in [0, 0.05) is 19.0 Å². The van der Waals surface area contributed by atoms with E-state index in [1.54, 1.807) is 23.0 Å². The average molecular weight is 298 g/mol. The summed E-state index contributed by atoms with van der Waals surface area (Å²) in [4.78, 5) is 0. The molecule has 7 heteroatoms. The third-order valence-electron chi connectivity index (χ3n) is 3.09. The lowest BCUT2D eigenvalue weighted by atomic mass is 9.81. The Labute approximate surface area is 121 Å². The fraction of sp³-hybridized carbons (Fsp3) is 0.643. The normalized spacial score (nSPS) is 12.8. The summed E-state index contributed by atoms with van der Waals surface area (Å²) in [6, 6.07) is 3.47. The molecule has 4 nitrogen and oxygen atoms in total. The molecule has 0 atom stereocenters. The summed E-state index contributed by atoms with van der Waals surface area (Å²) >= 11 is 0. The van der Waals surface area contributed by atoms with Gasteiger partial charge >= 0.3 is 6.18 Å². The second kappa shape index (κ2) is 5.77. The predicted molar refractivity (Wildman–Crippen MR) is 69.9 cm³/mol. The van der Waals surface area contributed by atoms with Crippen LogP contribution in [-0.4, -0.2) is 16.0 Å². The van der Waals surface area contributed by atoms with Gasteiger partial charge in [-0.25, -0.2) is 0 Å². The van der Waals surface area contributed by atoms with E-state index in [1.807, 2.05) is 20.8 Å². The van der Waals surface area contributed by atoms with Crippen LogP contribution >= 0.6 is 0 Å². The molecule has 0 bridgehead atoms. The summed E-state index contributed by atoms with van der Waals surface area (Å²) in [5, 5.41) is 22.4. The number of nitrogens with zero attached hydrogens (tertiary/aromatic N) is 4. The van der Waals surface area contributed by atoms with Crippen molar-refractivity contribution in [1.82, 2.24) is 9.78 Å². The molecule has 0 aliphatic heterocycles. The highest BCUT2D eigenvalue weighted by Gasteiger charge is 2.37. The molecule has 0 saturated carbocycles. The van der Waals surface area contributed by atoms with Gasteiger partial charge in [-0.2, -0.15) is 28.8 Å². The first-order valence-corrected chi connectivity index (χ1v) is 6.45. The van der Waals surface area contributed by atoms with E-state index in [0.29, 0.717) is 5.56 Å². The fourth-order valence-corrected chi connectivity index (χ4v) is 1.83. The molecule has 1 heterocycles. The Morgan fingerprint density at radius 1 is 1.14 bits per heavy atom. The van der Waals surface area contributed by atoms with Crippen molar-refractivity contribution in [2.45, 2.75) is 51.7 Å². The quantitative estimate of drug-likeness (QED) is 0.853. The van der Waals surface area contributed by atoms with E-state index in [2.05, 4.69) is 5.10 Å². The highest BCUT2D eigenvalue weighted by atomic mass is 19.4. The molecule has 1 aromatic heterocycles. The van der Waals surface area contributed by atoms with E-state index >= 15 is 0 Å². The van der Waals surface area contributed by atoms with Gasteiger partial charge in [0.2, 0.25) is 0 Å². The first-order chi connectivity index (χ1) is 9.51. The van der Waals surface area contributed by atoms with Crippen molar-refractivity contribution in [2.75, 3.05) is 0 Å². The molecule has 0 aromatic carbocycles. The number of rotatable bonds is 4. The van der Waals surface area contributed by atoms with Gasteiger partial charge in [-0.1, -0.05) is 0 Å². The summed E-state index contributed by atoms with van der Waals surface area (Å²) in [7, 11) is 0. The van der Waals surface area contributed by atoms with Gasteiger partial charge in [0.1, 0.15) is 5.41 Å². The minimum absolute atomic E-state index is 0.0633. The zero-order chi connectivity index (χ0) is 16.3. The van der Waals surface area contributed by atoms with Crippen molar-refractivity contribution in [3.05, 3.63) is 18.0 Å². The Hall–Kier alpha value is -2.02. The minimum atomic E-state index is -4.38. The lowest BCUT2D eigenvalue weighted by molar-refractivity contribution is -0.138. The van der Waals surface area contributed by atoms with Gasteiger partial charge in [0.25, 0.3) is 0 Å². The Morgan fingerprint density at radius 3 is 2.10 bits per heavy atom. The van der Waals surface area contributed by atoms with Crippen LogP contribution in [-0.2, 0) is 12.0 Å². The SMILES string of the molecule is CC(C)(C)n1cc(CC(C#N)(C#N)CCC(F)(F)F)cn1. The molecule has 114 valence electrons. The molecule has 1 aromatic rings. The molecule has 0 aliphatic carbocycles. The fourth-order valence-electron chi connectivity index (χ4n) is 1.83. The molecular weight excluding hydrogens is 281 g/mol. The molecule has 0 fully saturated rings. The lowest BCUT2D eigenvalue weighted by Gasteiger charge is -2.20. The van der Waals surface area contributed by atoms with E-state index in [1.165, 1.54) is 6.20 Å². The number of nitriles is 2. The maximum atomic E-state index is 12.3. The van der Waals surface area contributed by atoms with Crippen molar-refractivity contribution in [2.24, 2.45) is 5.41 Å². The zero-order valence-corrected chi connectivity index (χ0v) is 12.2. The van der Waals surface area contributed by atoms with Gasteiger partial charge in [-0.15, -0.1) is 0 Å². The first-order valence-electron chi connectivity index (χ1n) is 6.45. The van der Waals surface area contributed by atoms with Crippen LogP contribution in [0.1, 0.15) is 39.2 Å². The molecular formula is C14H17F3N4. The van der Waals surface area contributed by atoms with Gasteiger partial charge in [0.15, 0.2) is 0 Å². The zero-order valence-electron chi connectivity index (χ0n) is 12.2. The van der Waals surface area contributed by atoms with Crippen molar-refractivity contribution >= 4 is 0 Å². The number of hydrogen-bond donors (Lipinski definition) is 0. The molecule has 21 heavy (non-hydrogen) atoms. The van der Waals surface area contributed by atoms with Crippen LogP contribution in [0.15, 0.2) is 12.4 Å². The summed E-state index contributed by atoms with van der Waals surface area (Å²) in [6.07, 6.45) is -2.98. The maximum absolute atomic E-state index is 12.3. The molecule has 0 saturated heterocycles. The Kier molecular flexibility index (Phi) is 4.68. The van der Waals surface area contributed by atoms with E-state index in [0.717, 1.165) is 0 Å². The van der Waals surface area contributed by atoms with Crippen molar-refractivity contribution in [3.63, 3.8) is 0 Å². The van der Waals surface area contributed by atoms with Gasteiger partial charge in [-0.3, -0.25) is 4.68 Å². The van der Waals surface area contributed by atoms with Gasteiger partial charge in [-0.05, 0) is 32.8 Å². The summed E-state index contributed by atoms with van der Waals surface area (Å²) in [6.45, 7) is 5.78. The summed E-state index contributed by atoms with van der Waals surface area (Å²) in [5.74, 6) is 0. The smallest absolute Gasteiger partial charge is 0.267 e. The van der Waals surface area contributed by atoms with Crippen LogP contribution in [0.5, 0.6) is 0 Å². The van der Waals surface area contributed by atoms with Crippen LogP contribution in [0.4, 0.5) is 13.2 Å². The van der Waals surface area contributed by atoms with Gasteiger partial charge in [0.05, 0.1) is 23.9 Å². The third-order valence-corrected chi connectivity index (χ3v) is 3.09. The van der Waals surface area contributed by atoms with Gasteiger partial charge < -0.3 is 0 Å². The summed E-state index contributed by atoms with van der Waals surface area (Å²) in [5.41, 5.74) is -1.37. The molecule has 0 aliphatic rings. The molecule has 0 spiro atoms. The second-order valence-electron chi connectivity index (χ2n) is 6.06. The third kappa shape index (κ3) is 4.78. The molecule has 0 amide bonds. The van der Waals surface area contributed by atoms with Crippen LogP contribution in [0.3, 0.4) is 0 Å². The Bertz CT molecular complexity index is 553. The number of aromatic nitrogens is 2. The second-order valence-corrected chi connectivity index (χ2v) is 6.06. The number of hydrogen-bond acceptors (Lipinski definition) is 3. The topological polar surface area (TPSA) is 65.4 Å². The number of alkyl halides is 3. The molecule has 0 N–H and O–H groups in total. The monoisotopic (exact) mass is 298 g/mol. The van der Waals surface area contributed by atoms with Crippen molar-refractivity contribution in [3.8, 4) is 12.1 Å². The molecule has 1 rings (SSSR count). The van der Waals surface area contributed by atoms with E-state index < -0.39 is 24.4 Å². The lowest BCUT2D eigenvalue weighted by Crippen LogP contribution is -2.23. The first kappa shape index (κ1) is 17.0. The van der Waals surface area contributed by atoms with Crippen LogP contribution in [0.2, 0.25) is 0 Å². The van der Waals surface area contributed by atoms with Crippen molar-refractivity contribution < 1.29 is 13.2 Å². The van der Waals surface area contributed by atoms with E-state index in [9.17, 15) is 13.2 Å². The summed E-state index contributed by atoms with van der Waals surface area (Å²) < 4.78 is 38.6. The predicted octanol–water partition coefficient (Wildman–Crippen LogP) is 3.56. The average Bonchev–Trinajstić information content (AvgIpc) is 2.82.